The fourth-order valence-corrected chi connectivity index (χ4v) is 2.96. The van der Waals surface area contributed by atoms with Gasteiger partial charge in [-0.3, -0.25) is 0 Å². The Morgan fingerprint density at radius 3 is 2.65 bits per heavy atom. The Morgan fingerprint density at radius 2 is 1.85 bits per heavy atom. The van der Waals surface area contributed by atoms with Gasteiger partial charge in [0.15, 0.2) is 0 Å². The summed E-state index contributed by atoms with van der Waals surface area (Å²) in [6.07, 6.45) is 3.02. The lowest BCUT2D eigenvalue weighted by Gasteiger charge is -2.05. The summed E-state index contributed by atoms with van der Waals surface area (Å²) in [4.78, 5) is 5.96. The van der Waals surface area contributed by atoms with Gasteiger partial charge in [-0.05, 0) is 30.4 Å². The molecule has 3 rings (SSSR count). The van der Waals surface area contributed by atoms with E-state index in [4.69, 9.17) is 9.73 Å². The molecule has 0 saturated heterocycles. The first-order chi connectivity index (χ1) is 9.86. The van der Waals surface area contributed by atoms with Crippen molar-refractivity contribution in [1.29, 1.82) is 0 Å². The third-order valence-corrected chi connectivity index (χ3v) is 4.16. The maximum Gasteiger partial charge on any atom is 0.217 e. The van der Waals surface area contributed by atoms with Gasteiger partial charge in [-0.15, -0.1) is 11.8 Å². The van der Waals surface area contributed by atoms with E-state index in [2.05, 4.69) is 42.7 Å². The van der Waals surface area contributed by atoms with Crippen LogP contribution in [-0.4, -0.2) is 24.8 Å². The molecule has 0 amide bonds. The summed E-state index contributed by atoms with van der Waals surface area (Å²) >= 11 is 1.73. The van der Waals surface area contributed by atoms with Crippen molar-refractivity contribution in [2.75, 3.05) is 12.9 Å². The van der Waals surface area contributed by atoms with Gasteiger partial charge >= 0.3 is 0 Å². The molecule has 0 spiro atoms. The number of aliphatic imine (C=N–C) groups is 1. The Morgan fingerprint density at radius 1 is 1.10 bits per heavy atom. The van der Waals surface area contributed by atoms with Gasteiger partial charge in [-0.25, -0.2) is 4.99 Å². The molecule has 0 N–H and O–H groups in total. The summed E-state index contributed by atoms with van der Waals surface area (Å²) in [5, 5.41) is 0. The molecule has 2 nitrogen and oxygen atoms in total. The lowest BCUT2D eigenvalue weighted by molar-refractivity contribution is 0.316. The van der Waals surface area contributed by atoms with Crippen LogP contribution < -0.4 is 0 Å². The van der Waals surface area contributed by atoms with E-state index in [1.165, 1.54) is 10.5 Å². The summed E-state index contributed by atoms with van der Waals surface area (Å²) in [6.45, 7) is 0.674. The molecule has 2 aromatic rings. The molecule has 1 aliphatic rings. The van der Waals surface area contributed by atoms with Crippen molar-refractivity contribution in [3.05, 3.63) is 65.7 Å². The maximum atomic E-state index is 5.80. The Kier molecular flexibility index (Phi) is 4.07. The first-order valence-electron chi connectivity index (χ1n) is 6.75. The lowest BCUT2D eigenvalue weighted by atomic mass is 10.1. The molecule has 0 unspecified atom stereocenters. The molecule has 0 saturated carbocycles. The van der Waals surface area contributed by atoms with Crippen LogP contribution in [0, 0.1) is 0 Å². The second-order valence-corrected chi connectivity index (χ2v) is 5.64. The molecule has 0 aromatic heterocycles. The zero-order chi connectivity index (χ0) is 13.8. The quantitative estimate of drug-likeness (QED) is 0.796. The van der Waals surface area contributed by atoms with Crippen molar-refractivity contribution in [3.63, 3.8) is 0 Å². The summed E-state index contributed by atoms with van der Waals surface area (Å²) in [7, 11) is 0. The van der Waals surface area contributed by atoms with E-state index < -0.39 is 0 Å². The zero-order valence-electron chi connectivity index (χ0n) is 11.5. The monoisotopic (exact) mass is 283 g/mol. The average molecular weight is 283 g/mol. The smallest absolute Gasteiger partial charge is 0.217 e. The Balaban J connectivity index is 1.78. The molecule has 0 radical (unpaired) electrons. The maximum absolute atomic E-state index is 5.80. The molecule has 102 valence electrons. The van der Waals surface area contributed by atoms with Gasteiger partial charge in [0.25, 0.3) is 0 Å². The topological polar surface area (TPSA) is 21.6 Å². The zero-order valence-corrected chi connectivity index (χ0v) is 12.3. The second kappa shape index (κ2) is 6.14. The van der Waals surface area contributed by atoms with Crippen molar-refractivity contribution < 1.29 is 4.74 Å². The molecule has 0 bridgehead atoms. The van der Waals surface area contributed by atoms with Gasteiger partial charge in [-0.1, -0.05) is 42.5 Å². The molecule has 1 atom stereocenters. The first kappa shape index (κ1) is 13.3. The van der Waals surface area contributed by atoms with E-state index >= 15 is 0 Å². The summed E-state index contributed by atoms with van der Waals surface area (Å²) in [5.41, 5.74) is 2.42. The van der Waals surface area contributed by atoms with Gasteiger partial charge in [-0.2, -0.15) is 0 Å². The SMILES string of the molecule is CSc1ccccc1C1=N[C@H](Cc2ccccc2)CO1. The van der Waals surface area contributed by atoms with Crippen LogP contribution in [0.2, 0.25) is 0 Å². The van der Waals surface area contributed by atoms with E-state index in [0.29, 0.717) is 6.61 Å². The Hall–Kier alpha value is -1.74. The fourth-order valence-electron chi connectivity index (χ4n) is 2.37. The summed E-state index contributed by atoms with van der Waals surface area (Å²) in [6, 6.07) is 19.0. The van der Waals surface area contributed by atoms with Crippen LogP contribution in [0.15, 0.2) is 64.5 Å². The number of hydrogen-bond acceptors (Lipinski definition) is 3. The van der Waals surface area contributed by atoms with Crippen molar-refractivity contribution >= 4 is 17.7 Å². The average Bonchev–Trinajstić information content (AvgIpc) is 2.96. The van der Waals surface area contributed by atoms with Gasteiger partial charge in [0.1, 0.15) is 6.61 Å². The lowest BCUT2D eigenvalue weighted by Crippen LogP contribution is -2.09. The van der Waals surface area contributed by atoms with E-state index in [0.717, 1.165) is 17.9 Å². The number of rotatable bonds is 4. The minimum absolute atomic E-state index is 0.224. The molecular formula is C17H17NOS. The Bertz CT molecular complexity index is 609. The molecule has 2 aromatic carbocycles. The van der Waals surface area contributed by atoms with E-state index in [1.807, 2.05) is 18.2 Å². The number of ether oxygens (including phenoxy) is 1. The van der Waals surface area contributed by atoms with Gasteiger partial charge in [0, 0.05) is 10.5 Å². The highest BCUT2D eigenvalue weighted by atomic mass is 32.2. The number of nitrogens with zero attached hydrogens (tertiary/aromatic N) is 1. The van der Waals surface area contributed by atoms with E-state index in [1.54, 1.807) is 11.8 Å². The predicted molar refractivity (Wildman–Crippen MR) is 84.6 cm³/mol. The molecular weight excluding hydrogens is 266 g/mol. The highest BCUT2D eigenvalue weighted by Gasteiger charge is 2.21. The first-order valence-corrected chi connectivity index (χ1v) is 7.97. The Labute approximate surface area is 123 Å². The third kappa shape index (κ3) is 2.88. The van der Waals surface area contributed by atoms with E-state index in [9.17, 15) is 0 Å². The second-order valence-electron chi connectivity index (χ2n) is 4.79. The largest absolute Gasteiger partial charge is 0.475 e. The highest BCUT2D eigenvalue weighted by molar-refractivity contribution is 7.98. The van der Waals surface area contributed by atoms with Gasteiger partial charge in [0.2, 0.25) is 5.90 Å². The molecule has 1 heterocycles. The van der Waals surface area contributed by atoms with Crippen LogP contribution in [-0.2, 0) is 11.2 Å². The van der Waals surface area contributed by atoms with Crippen molar-refractivity contribution in [2.24, 2.45) is 4.99 Å². The van der Waals surface area contributed by atoms with Gasteiger partial charge in [0.05, 0.1) is 6.04 Å². The van der Waals surface area contributed by atoms with Crippen molar-refractivity contribution in [3.8, 4) is 0 Å². The molecule has 1 aliphatic heterocycles. The minimum atomic E-state index is 0.224. The summed E-state index contributed by atoms with van der Waals surface area (Å²) in [5.74, 6) is 0.788. The highest BCUT2D eigenvalue weighted by Crippen LogP contribution is 2.24. The minimum Gasteiger partial charge on any atom is -0.475 e. The fraction of sp³-hybridized carbons (Fsp3) is 0.235. The number of hydrogen-bond donors (Lipinski definition) is 0. The van der Waals surface area contributed by atoms with Crippen LogP contribution >= 0.6 is 11.8 Å². The van der Waals surface area contributed by atoms with Crippen LogP contribution in [0.1, 0.15) is 11.1 Å². The molecule has 3 heteroatoms. The third-order valence-electron chi connectivity index (χ3n) is 3.36. The van der Waals surface area contributed by atoms with Crippen LogP contribution in [0.5, 0.6) is 0 Å². The molecule has 20 heavy (non-hydrogen) atoms. The van der Waals surface area contributed by atoms with Crippen LogP contribution in [0.25, 0.3) is 0 Å². The van der Waals surface area contributed by atoms with Crippen LogP contribution in [0.4, 0.5) is 0 Å². The predicted octanol–water partition coefficient (Wildman–Crippen LogP) is 3.80. The number of thioether (sulfide) groups is 1. The summed E-state index contributed by atoms with van der Waals surface area (Å²) < 4.78 is 5.80. The van der Waals surface area contributed by atoms with E-state index in [-0.39, 0.29) is 6.04 Å². The standard InChI is InChI=1S/C17H17NOS/c1-20-16-10-6-5-9-15(16)17-18-14(12-19-17)11-13-7-3-2-4-8-13/h2-10,14H,11-12H2,1H3/t14-/m1/s1. The molecule has 0 fully saturated rings. The van der Waals surface area contributed by atoms with Crippen LogP contribution in [0.3, 0.4) is 0 Å². The normalized spacial score (nSPS) is 17.6. The van der Waals surface area contributed by atoms with Crippen molar-refractivity contribution in [1.82, 2.24) is 0 Å². The molecule has 0 aliphatic carbocycles. The van der Waals surface area contributed by atoms with Gasteiger partial charge < -0.3 is 4.74 Å². The number of benzene rings is 2. The van der Waals surface area contributed by atoms with Crippen molar-refractivity contribution in [2.45, 2.75) is 17.4 Å².